The van der Waals surface area contributed by atoms with Crippen molar-refractivity contribution < 1.29 is 0 Å². The largest absolute Gasteiger partial charge is 0.307 e. The highest BCUT2D eigenvalue weighted by Crippen LogP contribution is 2.35. The third-order valence-corrected chi connectivity index (χ3v) is 4.70. The van der Waals surface area contributed by atoms with E-state index in [1.807, 2.05) is 6.20 Å². The van der Waals surface area contributed by atoms with Crippen molar-refractivity contribution >= 4 is 0 Å². The van der Waals surface area contributed by atoms with Gasteiger partial charge in [-0.1, -0.05) is 20.3 Å². The molecule has 2 rings (SSSR count). The summed E-state index contributed by atoms with van der Waals surface area (Å²) in [5.74, 6) is 0. The second kappa shape index (κ2) is 7.14. The maximum atomic E-state index is 4.55. The molecule has 1 fully saturated rings. The Morgan fingerprint density at radius 3 is 2.55 bits per heavy atom. The smallest absolute Gasteiger partial charge is 0.0774 e. The SMILES string of the molecule is CCNC(c1cnccn1)C(C)(CC)N1CCCCC1. The van der Waals surface area contributed by atoms with Crippen molar-refractivity contribution in [3.05, 3.63) is 24.3 Å². The van der Waals surface area contributed by atoms with Gasteiger partial charge >= 0.3 is 0 Å². The lowest BCUT2D eigenvalue weighted by atomic mass is 9.83. The van der Waals surface area contributed by atoms with Crippen LogP contribution in [0.2, 0.25) is 0 Å². The summed E-state index contributed by atoms with van der Waals surface area (Å²) in [4.78, 5) is 11.5. The molecule has 112 valence electrons. The topological polar surface area (TPSA) is 41.1 Å². The van der Waals surface area contributed by atoms with Crippen LogP contribution in [0.3, 0.4) is 0 Å². The number of piperidine rings is 1. The van der Waals surface area contributed by atoms with E-state index in [4.69, 9.17) is 0 Å². The predicted octanol–water partition coefficient (Wildman–Crippen LogP) is 2.78. The van der Waals surface area contributed by atoms with Crippen LogP contribution in [-0.4, -0.2) is 40.0 Å². The minimum atomic E-state index is 0.104. The Morgan fingerprint density at radius 2 is 2.00 bits per heavy atom. The summed E-state index contributed by atoms with van der Waals surface area (Å²) in [5.41, 5.74) is 1.16. The number of nitrogens with one attached hydrogen (secondary N) is 1. The van der Waals surface area contributed by atoms with Crippen molar-refractivity contribution in [2.24, 2.45) is 0 Å². The molecule has 4 heteroatoms. The van der Waals surface area contributed by atoms with E-state index in [0.29, 0.717) is 0 Å². The van der Waals surface area contributed by atoms with Gasteiger partial charge in [-0.2, -0.15) is 0 Å². The van der Waals surface area contributed by atoms with E-state index in [1.54, 1.807) is 12.4 Å². The van der Waals surface area contributed by atoms with E-state index in [1.165, 1.54) is 32.4 Å². The Morgan fingerprint density at radius 1 is 1.25 bits per heavy atom. The Bertz CT molecular complexity index is 389. The molecule has 20 heavy (non-hydrogen) atoms. The van der Waals surface area contributed by atoms with Crippen molar-refractivity contribution in [3.63, 3.8) is 0 Å². The second-order valence-electron chi connectivity index (χ2n) is 5.88. The molecular formula is C16H28N4. The van der Waals surface area contributed by atoms with Gasteiger partial charge in [0.1, 0.15) is 0 Å². The van der Waals surface area contributed by atoms with Gasteiger partial charge in [0.05, 0.1) is 17.9 Å². The zero-order valence-corrected chi connectivity index (χ0v) is 13.1. The molecule has 1 aliphatic heterocycles. The summed E-state index contributed by atoms with van der Waals surface area (Å²) in [6.07, 6.45) is 10.6. The van der Waals surface area contributed by atoms with Crippen molar-refractivity contribution in [3.8, 4) is 0 Å². The van der Waals surface area contributed by atoms with Gasteiger partial charge in [0, 0.05) is 17.9 Å². The molecule has 0 bridgehead atoms. The molecule has 1 aliphatic rings. The van der Waals surface area contributed by atoms with Crippen molar-refractivity contribution in [1.29, 1.82) is 0 Å². The van der Waals surface area contributed by atoms with E-state index >= 15 is 0 Å². The summed E-state index contributed by atoms with van der Waals surface area (Å²) in [5, 5.41) is 3.64. The van der Waals surface area contributed by atoms with Crippen molar-refractivity contribution in [2.45, 2.75) is 58.0 Å². The Labute approximate surface area is 123 Å². The summed E-state index contributed by atoms with van der Waals surface area (Å²) in [6, 6.07) is 0.240. The van der Waals surface area contributed by atoms with Gasteiger partial charge in [-0.25, -0.2) is 0 Å². The van der Waals surface area contributed by atoms with Crippen LogP contribution in [0.4, 0.5) is 0 Å². The average molecular weight is 276 g/mol. The molecular weight excluding hydrogens is 248 g/mol. The molecule has 1 aromatic rings. The third-order valence-electron chi connectivity index (χ3n) is 4.70. The quantitative estimate of drug-likeness (QED) is 0.867. The number of rotatable bonds is 6. The number of likely N-dealkylation sites (tertiary alicyclic amines) is 1. The number of aromatic nitrogens is 2. The highest BCUT2D eigenvalue weighted by Gasteiger charge is 2.39. The molecule has 0 saturated carbocycles. The lowest BCUT2D eigenvalue weighted by Gasteiger charge is -2.48. The van der Waals surface area contributed by atoms with Crippen LogP contribution in [0.15, 0.2) is 18.6 Å². The van der Waals surface area contributed by atoms with Gasteiger partial charge in [-0.05, 0) is 45.8 Å². The number of nitrogens with zero attached hydrogens (tertiary/aromatic N) is 3. The second-order valence-corrected chi connectivity index (χ2v) is 5.88. The lowest BCUT2D eigenvalue weighted by molar-refractivity contribution is 0.0415. The molecule has 0 amide bonds. The molecule has 1 aromatic heterocycles. The van der Waals surface area contributed by atoms with Crippen LogP contribution in [0, 0.1) is 0 Å². The van der Waals surface area contributed by atoms with E-state index in [9.17, 15) is 0 Å². The fourth-order valence-corrected chi connectivity index (χ4v) is 3.32. The summed E-state index contributed by atoms with van der Waals surface area (Å²) < 4.78 is 0. The molecule has 1 saturated heterocycles. The lowest BCUT2D eigenvalue weighted by Crippen LogP contribution is -2.56. The monoisotopic (exact) mass is 276 g/mol. The van der Waals surface area contributed by atoms with Crippen LogP contribution in [0.5, 0.6) is 0 Å². The standard InChI is InChI=1S/C16H28N4/c1-4-16(3,20-11-7-6-8-12-20)15(18-5-2)14-13-17-9-10-19-14/h9-10,13,15,18H,4-8,11-12H2,1-3H3. The molecule has 4 nitrogen and oxygen atoms in total. The molecule has 0 aromatic carbocycles. The first-order valence-electron chi connectivity index (χ1n) is 7.96. The van der Waals surface area contributed by atoms with E-state index in [-0.39, 0.29) is 11.6 Å². The van der Waals surface area contributed by atoms with Gasteiger partial charge in [-0.15, -0.1) is 0 Å². The van der Waals surface area contributed by atoms with Crippen LogP contribution in [-0.2, 0) is 0 Å². The summed E-state index contributed by atoms with van der Waals surface area (Å²) in [7, 11) is 0. The van der Waals surface area contributed by atoms with Gasteiger partial charge in [-0.3, -0.25) is 14.9 Å². The number of hydrogen-bond acceptors (Lipinski definition) is 4. The van der Waals surface area contributed by atoms with Gasteiger partial charge in [0.25, 0.3) is 0 Å². The normalized spacial score (nSPS) is 21.4. The molecule has 0 radical (unpaired) electrons. The third kappa shape index (κ3) is 3.18. The average Bonchev–Trinajstić information content (AvgIpc) is 2.53. The number of hydrogen-bond donors (Lipinski definition) is 1. The highest BCUT2D eigenvalue weighted by atomic mass is 15.2. The molecule has 0 spiro atoms. The van der Waals surface area contributed by atoms with Crippen LogP contribution in [0.25, 0.3) is 0 Å². The first-order valence-corrected chi connectivity index (χ1v) is 7.96. The van der Waals surface area contributed by atoms with Gasteiger partial charge in [0.2, 0.25) is 0 Å². The minimum absolute atomic E-state index is 0.104. The molecule has 2 unspecified atom stereocenters. The zero-order valence-electron chi connectivity index (χ0n) is 13.1. The zero-order chi connectivity index (χ0) is 14.4. The Balaban J connectivity index is 2.28. The predicted molar refractivity (Wildman–Crippen MR) is 82.6 cm³/mol. The van der Waals surface area contributed by atoms with Crippen LogP contribution < -0.4 is 5.32 Å². The fraction of sp³-hybridized carbons (Fsp3) is 0.750. The molecule has 2 heterocycles. The molecule has 0 aliphatic carbocycles. The van der Waals surface area contributed by atoms with Crippen molar-refractivity contribution in [2.75, 3.05) is 19.6 Å². The van der Waals surface area contributed by atoms with Crippen LogP contribution >= 0.6 is 0 Å². The van der Waals surface area contributed by atoms with Crippen molar-refractivity contribution in [1.82, 2.24) is 20.2 Å². The van der Waals surface area contributed by atoms with E-state index < -0.39 is 0 Å². The summed E-state index contributed by atoms with van der Waals surface area (Å²) in [6.45, 7) is 10.2. The Kier molecular flexibility index (Phi) is 5.49. The van der Waals surface area contributed by atoms with Gasteiger partial charge in [0.15, 0.2) is 0 Å². The molecule has 2 atom stereocenters. The maximum Gasteiger partial charge on any atom is 0.0774 e. The number of likely N-dealkylation sites (N-methyl/N-ethyl adjacent to an activating group) is 1. The van der Waals surface area contributed by atoms with E-state index in [0.717, 1.165) is 18.7 Å². The van der Waals surface area contributed by atoms with Crippen LogP contribution in [0.1, 0.15) is 58.2 Å². The maximum absolute atomic E-state index is 4.55. The Hall–Kier alpha value is -1.00. The fourth-order valence-electron chi connectivity index (χ4n) is 3.32. The molecule has 1 N–H and O–H groups in total. The first kappa shape index (κ1) is 15.4. The summed E-state index contributed by atoms with van der Waals surface area (Å²) >= 11 is 0. The first-order chi connectivity index (χ1) is 9.72. The minimum Gasteiger partial charge on any atom is -0.307 e. The van der Waals surface area contributed by atoms with E-state index in [2.05, 4.69) is 41.0 Å². The highest BCUT2D eigenvalue weighted by molar-refractivity contribution is 5.12. The van der Waals surface area contributed by atoms with Gasteiger partial charge < -0.3 is 5.32 Å².